The monoisotopic (exact) mass is 671 g/mol. The van der Waals surface area contributed by atoms with Gasteiger partial charge < -0.3 is 14.2 Å². The Kier molecular flexibility index (Phi) is 8.18. The quantitative estimate of drug-likeness (QED) is 0.147. The number of hydrogen-bond acceptors (Lipinski definition) is 5. The molecule has 0 aromatic heterocycles. The third kappa shape index (κ3) is 5.94. The van der Waals surface area contributed by atoms with Crippen molar-refractivity contribution in [2.45, 2.75) is 13.5 Å². The first-order valence-corrected chi connectivity index (χ1v) is 12.8. The van der Waals surface area contributed by atoms with E-state index in [1.165, 1.54) is 0 Å². The van der Waals surface area contributed by atoms with Crippen LogP contribution in [-0.2, 0) is 16.1 Å². The van der Waals surface area contributed by atoms with Crippen molar-refractivity contribution in [2.75, 3.05) is 6.61 Å². The summed E-state index contributed by atoms with van der Waals surface area (Å²) in [6.45, 7) is 2.73. The topological polar surface area (TPSA) is 57.1 Å². The zero-order valence-corrected chi connectivity index (χ0v) is 23.0. The highest BCUT2D eigenvalue weighted by molar-refractivity contribution is 14.1. The predicted octanol–water partition coefficient (Wildman–Crippen LogP) is 7.68. The molecule has 1 aliphatic heterocycles. The van der Waals surface area contributed by atoms with E-state index in [9.17, 15) is 4.79 Å². The molecule has 9 heteroatoms. The smallest absolute Gasteiger partial charge is 0.363 e. The standard InChI is InChI=1S/C25H17BrCl2INO4/c1-2-32-22-11-15(9-19(26)23(22)33-13-14-4-3-5-17(29)8-14)10-21-25(31)34-24(30-21)18-7-6-16(27)12-20(18)28/h3-12H,2,13H2,1H3/b21-10-. The largest absolute Gasteiger partial charge is 0.490 e. The molecule has 0 N–H and O–H groups in total. The van der Waals surface area contributed by atoms with Crippen molar-refractivity contribution in [3.63, 3.8) is 0 Å². The van der Waals surface area contributed by atoms with Gasteiger partial charge in [-0.25, -0.2) is 9.79 Å². The van der Waals surface area contributed by atoms with Gasteiger partial charge in [0.15, 0.2) is 17.2 Å². The van der Waals surface area contributed by atoms with Crippen LogP contribution in [0.4, 0.5) is 0 Å². The van der Waals surface area contributed by atoms with Crippen molar-refractivity contribution in [3.8, 4) is 11.5 Å². The molecule has 0 fully saturated rings. The van der Waals surface area contributed by atoms with Crippen LogP contribution in [0.2, 0.25) is 10.0 Å². The van der Waals surface area contributed by atoms with Crippen molar-refractivity contribution in [3.05, 3.63) is 95.1 Å². The zero-order chi connectivity index (χ0) is 24.2. The minimum absolute atomic E-state index is 0.125. The van der Waals surface area contributed by atoms with E-state index in [0.29, 0.717) is 50.4 Å². The van der Waals surface area contributed by atoms with Gasteiger partial charge in [0.05, 0.1) is 21.7 Å². The molecule has 3 aromatic carbocycles. The Morgan fingerprint density at radius 1 is 1.12 bits per heavy atom. The van der Waals surface area contributed by atoms with E-state index in [0.717, 1.165) is 9.13 Å². The van der Waals surface area contributed by atoms with Gasteiger partial charge in [-0.1, -0.05) is 35.3 Å². The number of rotatable bonds is 7. The molecule has 1 heterocycles. The average Bonchev–Trinajstić information content (AvgIpc) is 3.13. The number of benzene rings is 3. The van der Waals surface area contributed by atoms with Crippen LogP contribution in [0.25, 0.3) is 6.08 Å². The van der Waals surface area contributed by atoms with Crippen molar-refractivity contribution in [1.82, 2.24) is 0 Å². The molecule has 0 unspecified atom stereocenters. The van der Waals surface area contributed by atoms with Gasteiger partial charge in [0, 0.05) is 8.59 Å². The first-order valence-electron chi connectivity index (χ1n) is 10.2. The van der Waals surface area contributed by atoms with E-state index in [1.807, 2.05) is 31.2 Å². The van der Waals surface area contributed by atoms with Crippen molar-refractivity contribution < 1.29 is 19.0 Å². The molecule has 0 bridgehead atoms. The van der Waals surface area contributed by atoms with Gasteiger partial charge in [-0.15, -0.1) is 0 Å². The summed E-state index contributed by atoms with van der Waals surface area (Å²) in [4.78, 5) is 16.8. The molecule has 5 nitrogen and oxygen atoms in total. The first kappa shape index (κ1) is 25.0. The van der Waals surface area contributed by atoms with Crippen LogP contribution < -0.4 is 9.47 Å². The fourth-order valence-electron chi connectivity index (χ4n) is 3.20. The maximum atomic E-state index is 12.4. The van der Waals surface area contributed by atoms with E-state index < -0.39 is 5.97 Å². The molecule has 4 rings (SSSR count). The normalized spacial score (nSPS) is 14.2. The fourth-order valence-corrected chi connectivity index (χ4v) is 4.87. The van der Waals surface area contributed by atoms with E-state index in [2.05, 4.69) is 49.6 Å². The molecule has 34 heavy (non-hydrogen) atoms. The lowest BCUT2D eigenvalue weighted by atomic mass is 10.1. The lowest BCUT2D eigenvalue weighted by Crippen LogP contribution is -2.06. The average molecular weight is 673 g/mol. The molecule has 0 spiro atoms. The number of cyclic esters (lactones) is 1. The van der Waals surface area contributed by atoms with Gasteiger partial charge >= 0.3 is 5.97 Å². The molecule has 174 valence electrons. The van der Waals surface area contributed by atoms with Crippen LogP contribution in [0.15, 0.2) is 69.8 Å². The Morgan fingerprint density at radius 2 is 1.94 bits per heavy atom. The Morgan fingerprint density at radius 3 is 2.68 bits per heavy atom. The summed E-state index contributed by atoms with van der Waals surface area (Å²) in [6.07, 6.45) is 1.62. The SMILES string of the molecule is CCOc1cc(/C=C2\N=C(c3ccc(Cl)cc3Cl)OC2=O)cc(Br)c1OCc1cccc(I)c1. The lowest BCUT2D eigenvalue weighted by Gasteiger charge is -2.15. The molecule has 0 saturated carbocycles. The highest BCUT2D eigenvalue weighted by Crippen LogP contribution is 2.38. The van der Waals surface area contributed by atoms with Gasteiger partial charge in [0.1, 0.15) is 6.61 Å². The number of nitrogens with zero attached hydrogens (tertiary/aromatic N) is 1. The molecule has 3 aromatic rings. The number of hydrogen-bond donors (Lipinski definition) is 0. The number of carbonyl (C=O) groups is 1. The number of halogens is 4. The number of ether oxygens (including phenoxy) is 3. The summed E-state index contributed by atoms with van der Waals surface area (Å²) < 4.78 is 19.0. The molecule has 0 amide bonds. The third-order valence-electron chi connectivity index (χ3n) is 4.69. The molecule has 0 saturated heterocycles. The van der Waals surface area contributed by atoms with Crippen LogP contribution in [-0.4, -0.2) is 18.5 Å². The number of esters is 1. The predicted molar refractivity (Wildman–Crippen MR) is 146 cm³/mol. The van der Waals surface area contributed by atoms with Gasteiger partial charge in [0.25, 0.3) is 0 Å². The molecule has 0 radical (unpaired) electrons. The van der Waals surface area contributed by atoms with Crippen molar-refractivity contribution in [2.24, 2.45) is 4.99 Å². The summed E-state index contributed by atoms with van der Waals surface area (Å²) in [7, 11) is 0. The molecule has 0 aliphatic carbocycles. The minimum Gasteiger partial charge on any atom is -0.490 e. The molecular formula is C25H17BrCl2INO4. The second kappa shape index (κ2) is 11.1. The maximum absolute atomic E-state index is 12.4. The zero-order valence-electron chi connectivity index (χ0n) is 17.8. The van der Waals surface area contributed by atoms with Crippen LogP contribution in [0.1, 0.15) is 23.6 Å². The van der Waals surface area contributed by atoms with Crippen LogP contribution in [0.3, 0.4) is 0 Å². The van der Waals surface area contributed by atoms with Crippen molar-refractivity contribution >= 4 is 79.7 Å². The third-order valence-corrected chi connectivity index (χ3v) is 6.50. The summed E-state index contributed by atoms with van der Waals surface area (Å²) in [5, 5.41) is 0.823. The number of carbonyl (C=O) groups excluding carboxylic acids is 1. The van der Waals surface area contributed by atoms with Gasteiger partial charge in [-0.3, -0.25) is 0 Å². The molecule has 1 aliphatic rings. The van der Waals surface area contributed by atoms with Crippen LogP contribution in [0, 0.1) is 3.57 Å². The van der Waals surface area contributed by atoms with Gasteiger partial charge in [-0.05, 0) is 105 Å². The van der Waals surface area contributed by atoms with Gasteiger partial charge in [-0.2, -0.15) is 0 Å². The molecule has 0 atom stereocenters. The highest BCUT2D eigenvalue weighted by Gasteiger charge is 2.26. The second-order valence-corrected chi connectivity index (χ2v) is 10.1. The minimum atomic E-state index is -0.575. The highest BCUT2D eigenvalue weighted by atomic mass is 127. The summed E-state index contributed by atoms with van der Waals surface area (Å²) in [5.41, 5.74) is 2.36. The lowest BCUT2D eigenvalue weighted by molar-refractivity contribution is -0.129. The fraction of sp³-hybridized carbons (Fsp3) is 0.120. The maximum Gasteiger partial charge on any atom is 0.363 e. The van der Waals surface area contributed by atoms with E-state index in [4.69, 9.17) is 37.4 Å². The van der Waals surface area contributed by atoms with E-state index in [-0.39, 0.29) is 11.6 Å². The number of aliphatic imine (C=N–C) groups is 1. The molecular weight excluding hydrogens is 656 g/mol. The summed E-state index contributed by atoms with van der Waals surface area (Å²) in [5.74, 6) is 0.674. The van der Waals surface area contributed by atoms with Crippen LogP contribution >= 0.6 is 61.7 Å². The van der Waals surface area contributed by atoms with Crippen molar-refractivity contribution in [1.29, 1.82) is 0 Å². The van der Waals surface area contributed by atoms with E-state index >= 15 is 0 Å². The second-order valence-electron chi connectivity index (χ2n) is 7.14. The summed E-state index contributed by atoms with van der Waals surface area (Å²) in [6, 6.07) is 16.6. The first-order chi connectivity index (χ1) is 16.3. The van der Waals surface area contributed by atoms with Crippen LogP contribution in [0.5, 0.6) is 11.5 Å². The Bertz CT molecular complexity index is 1330. The Hall–Kier alpha value is -2.07. The summed E-state index contributed by atoms with van der Waals surface area (Å²) >= 11 is 18.0. The Balaban J connectivity index is 1.62. The van der Waals surface area contributed by atoms with Gasteiger partial charge in [0.2, 0.25) is 5.90 Å². The van der Waals surface area contributed by atoms with E-state index in [1.54, 1.807) is 30.3 Å². The Labute approximate surface area is 229 Å².